The molecule has 0 spiro atoms. The van der Waals surface area contributed by atoms with E-state index in [2.05, 4.69) is 10.3 Å². The SMILES string of the molecule is O=C(Nc1ccc(-c2cnco2)cc1)C1CCCN(S(=O)(=O)c2ccc(Cl)cc2)C1. The zero-order chi connectivity index (χ0) is 21.1. The smallest absolute Gasteiger partial charge is 0.243 e. The Hall–Kier alpha value is -2.68. The first-order valence-corrected chi connectivity index (χ1v) is 11.3. The monoisotopic (exact) mass is 445 g/mol. The molecule has 1 atom stereocenters. The molecular weight excluding hydrogens is 426 g/mol. The van der Waals surface area contributed by atoms with Crippen LogP contribution in [0.3, 0.4) is 0 Å². The van der Waals surface area contributed by atoms with Gasteiger partial charge in [-0.25, -0.2) is 13.4 Å². The van der Waals surface area contributed by atoms with E-state index in [9.17, 15) is 13.2 Å². The number of oxazole rings is 1. The number of hydrogen-bond acceptors (Lipinski definition) is 5. The fourth-order valence-electron chi connectivity index (χ4n) is 3.45. The highest BCUT2D eigenvalue weighted by Crippen LogP contribution is 2.26. The van der Waals surface area contributed by atoms with Crippen molar-refractivity contribution in [2.24, 2.45) is 5.92 Å². The first-order valence-electron chi connectivity index (χ1n) is 9.49. The van der Waals surface area contributed by atoms with Crippen LogP contribution in [0.2, 0.25) is 5.02 Å². The molecule has 1 aromatic heterocycles. The highest BCUT2D eigenvalue weighted by atomic mass is 35.5. The van der Waals surface area contributed by atoms with E-state index in [4.69, 9.17) is 16.0 Å². The molecule has 1 fully saturated rings. The van der Waals surface area contributed by atoms with Crippen molar-refractivity contribution < 1.29 is 17.6 Å². The number of aromatic nitrogens is 1. The van der Waals surface area contributed by atoms with E-state index in [0.717, 1.165) is 5.56 Å². The maximum absolute atomic E-state index is 12.9. The van der Waals surface area contributed by atoms with Crippen LogP contribution in [0.25, 0.3) is 11.3 Å². The minimum atomic E-state index is -3.67. The maximum Gasteiger partial charge on any atom is 0.243 e. The molecule has 2 aromatic carbocycles. The van der Waals surface area contributed by atoms with E-state index in [1.165, 1.54) is 22.8 Å². The van der Waals surface area contributed by atoms with Crippen LogP contribution in [0, 0.1) is 5.92 Å². The Morgan fingerprint density at radius 1 is 1.13 bits per heavy atom. The normalized spacial score (nSPS) is 17.6. The second-order valence-corrected chi connectivity index (χ2v) is 9.46. The highest BCUT2D eigenvalue weighted by molar-refractivity contribution is 7.89. The number of hydrogen-bond donors (Lipinski definition) is 1. The van der Waals surface area contributed by atoms with Crippen molar-refractivity contribution in [2.75, 3.05) is 18.4 Å². The summed E-state index contributed by atoms with van der Waals surface area (Å²) in [4.78, 5) is 16.8. The number of carbonyl (C=O) groups is 1. The van der Waals surface area contributed by atoms with Crippen molar-refractivity contribution in [3.8, 4) is 11.3 Å². The zero-order valence-corrected chi connectivity index (χ0v) is 17.6. The van der Waals surface area contributed by atoms with Crippen molar-refractivity contribution in [1.82, 2.24) is 9.29 Å². The molecule has 0 aliphatic carbocycles. The van der Waals surface area contributed by atoms with Crippen LogP contribution in [-0.2, 0) is 14.8 Å². The summed E-state index contributed by atoms with van der Waals surface area (Å²) in [6.45, 7) is 0.535. The Morgan fingerprint density at radius 3 is 2.53 bits per heavy atom. The number of nitrogens with zero attached hydrogens (tertiary/aromatic N) is 2. The van der Waals surface area contributed by atoms with Crippen LogP contribution in [-0.4, -0.2) is 36.7 Å². The first kappa shape index (κ1) is 20.6. The van der Waals surface area contributed by atoms with E-state index in [-0.39, 0.29) is 17.3 Å². The zero-order valence-electron chi connectivity index (χ0n) is 16.0. The van der Waals surface area contributed by atoms with Gasteiger partial charge in [-0.3, -0.25) is 4.79 Å². The number of rotatable bonds is 5. The van der Waals surface area contributed by atoms with Crippen molar-refractivity contribution in [3.63, 3.8) is 0 Å². The largest absolute Gasteiger partial charge is 0.444 e. The summed E-state index contributed by atoms with van der Waals surface area (Å²) in [6, 6.07) is 13.3. The minimum Gasteiger partial charge on any atom is -0.444 e. The Bertz CT molecular complexity index is 1110. The first-order chi connectivity index (χ1) is 14.4. The summed E-state index contributed by atoms with van der Waals surface area (Å²) in [5, 5.41) is 3.35. The van der Waals surface area contributed by atoms with Crippen LogP contribution in [0.4, 0.5) is 5.69 Å². The molecule has 1 aliphatic heterocycles. The number of benzene rings is 2. The number of sulfonamides is 1. The molecule has 1 amide bonds. The van der Waals surface area contributed by atoms with Crippen LogP contribution < -0.4 is 5.32 Å². The van der Waals surface area contributed by atoms with Crippen molar-refractivity contribution in [1.29, 1.82) is 0 Å². The molecule has 1 N–H and O–H groups in total. The fourth-order valence-corrected chi connectivity index (χ4v) is 5.10. The summed E-state index contributed by atoms with van der Waals surface area (Å²) in [5.74, 6) is 0.0244. The third-order valence-corrected chi connectivity index (χ3v) is 7.21. The Balaban J connectivity index is 1.42. The van der Waals surface area contributed by atoms with Gasteiger partial charge >= 0.3 is 0 Å². The van der Waals surface area contributed by atoms with Gasteiger partial charge in [-0.2, -0.15) is 4.31 Å². The molecule has 4 rings (SSSR count). The molecular formula is C21H20ClN3O4S. The summed E-state index contributed by atoms with van der Waals surface area (Å²) >= 11 is 5.86. The third-order valence-electron chi connectivity index (χ3n) is 5.08. The van der Waals surface area contributed by atoms with E-state index in [1.807, 2.05) is 12.1 Å². The van der Waals surface area contributed by atoms with E-state index < -0.39 is 15.9 Å². The third kappa shape index (κ3) is 4.40. The van der Waals surface area contributed by atoms with Crippen LogP contribution in [0.1, 0.15) is 12.8 Å². The van der Waals surface area contributed by atoms with Gasteiger partial charge in [-0.05, 0) is 61.4 Å². The number of amides is 1. The molecule has 1 unspecified atom stereocenters. The second-order valence-electron chi connectivity index (χ2n) is 7.09. The van der Waals surface area contributed by atoms with Gasteiger partial charge in [0, 0.05) is 29.4 Å². The Labute approximate surface area is 179 Å². The van der Waals surface area contributed by atoms with Crippen LogP contribution >= 0.6 is 11.6 Å². The molecule has 0 radical (unpaired) electrons. The Morgan fingerprint density at radius 2 is 1.87 bits per heavy atom. The van der Waals surface area contributed by atoms with Gasteiger partial charge < -0.3 is 9.73 Å². The highest BCUT2D eigenvalue weighted by Gasteiger charge is 2.33. The summed E-state index contributed by atoms with van der Waals surface area (Å²) < 4.78 is 32.5. The molecule has 30 heavy (non-hydrogen) atoms. The minimum absolute atomic E-state index is 0.146. The quantitative estimate of drug-likeness (QED) is 0.639. The molecule has 1 aliphatic rings. The number of nitrogens with one attached hydrogen (secondary N) is 1. The van der Waals surface area contributed by atoms with Crippen LogP contribution in [0.15, 0.2) is 70.4 Å². The summed E-state index contributed by atoms with van der Waals surface area (Å²) in [5.41, 5.74) is 1.49. The molecule has 7 nitrogen and oxygen atoms in total. The number of piperidine rings is 1. The molecule has 9 heteroatoms. The lowest BCUT2D eigenvalue weighted by atomic mass is 9.98. The number of carbonyl (C=O) groups excluding carboxylic acids is 1. The predicted octanol–water partition coefficient (Wildman–Crippen LogP) is 4.03. The van der Waals surface area contributed by atoms with E-state index in [1.54, 1.807) is 30.5 Å². The van der Waals surface area contributed by atoms with Crippen molar-refractivity contribution in [3.05, 3.63) is 66.1 Å². The average Bonchev–Trinajstić information content (AvgIpc) is 3.30. The van der Waals surface area contributed by atoms with Crippen molar-refractivity contribution in [2.45, 2.75) is 17.7 Å². The maximum atomic E-state index is 12.9. The van der Waals surface area contributed by atoms with Crippen LogP contribution in [0.5, 0.6) is 0 Å². The molecule has 1 saturated heterocycles. The van der Waals surface area contributed by atoms with Gasteiger partial charge in [0.05, 0.1) is 17.0 Å². The second kappa shape index (κ2) is 8.59. The predicted molar refractivity (Wildman–Crippen MR) is 114 cm³/mol. The molecule has 156 valence electrons. The van der Waals surface area contributed by atoms with Gasteiger partial charge in [0.15, 0.2) is 12.2 Å². The lowest BCUT2D eigenvalue weighted by Crippen LogP contribution is -2.43. The molecule has 0 saturated carbocycles. The fraction of sp³-hybridized carbons (Fsp3) is 0.238. The lowest BCUT2D eigenvalue weighted by Gasteiger charge is -2.31. The molecule has 3 aromatic rings. The van der Waals surface area contributed by atoms with Gasteiger partial charge in [-0.1, -0.05) is 11.6 Å². The topological polar surface area (TPSA) is 92.5 Å². The van der Waals surface area contributed by atoms with E-state index in [0.29, 0.717) is 35.9 Å². The lowest BCUT2D eigenvalue weighted by molar-refractivity contribution is -0.120. The number of halogens is 1. The average molecular weight is 446 g/mol. The number of anilines is 1. The summed E-state index contributed by atoms with van der Waals surface area (Å²) in [6.07, 6.45) is 4.23. The van der Waals surface area contributed by atoms with Crippen molar-refractivity contribution >= 4 is 33.2 Å². The molecule has 0 bridgehead atoms. The van der Waals surface area contributed by atoms with Gasteiger partial charge in [0.2, 0.25) is 15.9 Å². The summed E-state index contributed by atoms with van der Waals surface area (Å²) in [7, 11) is -3.67. The molecule has 2 heterocycles. The van der Waals surface area contributed by atoms with Gasteiger partial charge in [0.1, 0.15) is 0 Å². The van der Waals surface area contributed by atoms with Gasteiger partial charge in [0.25, 0.3) is 0 Å². The standard InChI is InChI=1S/C21H20ClN3O4S/c22-17-5-9-19(10-6-17)30(27,28)25-11-1-2-16(13-25)21(26)24-18-7-3-15(4-8-18)20-12-23-14-29-20/h3-10,12,14,16H,1-2,11,13H2,(H,24,26). The Kier molecular flexibility index (Phi) is 5.90. The van der Waals surface area contributed by atoms with E-state index >= 15 is 0 Å². The van der Waals surface area contributed by atoms with Gasteiger partial charge in [-0.15, -0.1) is 0 Å².